The van der Waals surface area contributed by atoms with Crippen LogP contribution in [-0.2, 0) is 20.9 Å². The standard InChI is InChI=1S/C24H20N6O4/c25-22-20-21(15-6-8-17(9-7-15)34-16-4-2-1-3-5-16)28-30(23(20)27-14-26-22)13-12-29-19(32)11-10-18(31)24(29)33/h1-9,14H,10-13H2,(H2,25,26,27). The summed E-state index contributed by atoms with van der Waals surface area (Å²) in [6.07, 6.45) is 1.32. The zero-order valence-electron chi connectivity index (χ0n) is 18.0. The number of ether oxygens (including phenoxy) is 1. The molecule has 2 N–H and O–H groups in total. The molecule has 0 radical (unpaired) electrons. The highest BCUT2D eigenvalue weighted by atomic mass is 16.5. The van der Waals surface area contributed by atoms with Gasteiger partial charge in [-0.3, -0.25) is 19.3 Å². The molecule has 3 heterocycles. The fourth-order valence-electron chi connectivity index (χ4n) is 3.84. The van der Waals surface area contributed by atoms with E-state index in [1.807, 2.05) is 54.6 Å². The van der Waals surface area contributed by atoms with Gasteiger partial charge < -0.3 is 10.5 Å². The monoisotopic (exact) mass is 456 g/mol. The Morgan fingerprint density at radius 2 is 1.62 bits per heavy atom. The summed E-state index contributed by atoms with van der Waals surface area (Å²) in [5, 5.41) is 5.21. The van der Waals surface area contributed by atoms with Crippen LogP contribution >= 0.6 is 0 Å². The average molecular weight is 456 g/mol. The molecule has 0 atom stereocenters. The highest BCUT2D eigenvalue weighted by Gasteiger charge is 2.32. The number of carbonyl (C=O) groups excluding carboxylic acids is 3. The first-order chi connectivity index (χ1) is 16.5. The third kappa shape index (κ3) is 3.96. The smallest absolute Gasteiger partial charge is 0.296 e. The van der Waals surface area contributed by atoms with Crippen molar-refractivity contribution in [1.29, 1.82) is 0 Å². The Kier molecular flexibility index (Phi) is 5.46. The van der Waals surface area contributed by atoms with Crippen LogP contribution in [0.5, 0.6) is 11.5 Å². The minimum atomic E-state index is -0.781. The van der Waals surface area contributed by atoms with Crippen molar-refractivity contribution in [2.75, 3.05) is 12.3 Å². The molecule has 0 saturated carbocycles. The highest BCUT2D eigenvalue weighted by Crippen LogP contribution is 2.32. The minimum Gasteiger partial charge on any atom is -0.457 e. The quantitative estimate of drug-likeness (QED) is 0.346. The van der Waals surface area contributed by atoms with E-state index in [1.165, 1.54) is 6.33 Å². The van der Waals surface area contributed by atoms with E-state index in [4.69, 9.17) is 10.5 Å². The first-order valence-corrected chi connectivity index (χ1v) is 10.7. The largest absolute Gasteiger partial charge is 0.457 e. The molecule has 0 spiro atoms. The molecule has 1 aliphatic rings. The van der Waals surface area contributed by atoms with E-state index < -0.39 is 11.7 Å². The average Bonchev–Trinajstić information content (AvgIpc) is 3.23. The van der Waals surface area contributed by atoms with Crippen LogP contribution in [0.2, 0.25) is 0 Å². The maximum absolute atomic E-state index is 12.1. The van der Waals surface area contributed by atoms with Gasteiger partial charge in [0.25, 0.3) is 5.91 Å². The van der Waals surface area contributed by atoms with Gasteiger partial charge in [0.15, 0.2) is 5.65 Å². The van der Waals surface area contributed by atoms with E-state index in [2.05, 4.69) is 15.1 Å². The maximum Gasteiger partial charge on any atom is 0.296 e. The summed E-state index contributed by atoms with van der Waals surface area (Å²) in [7, 11) is 0. The SMILES string of the molecule is Nc1ncnc2c1c(-c1ccc(Oc3ccccc3)cc1)nn2CCN1C(=O)CCC(=O)C1=O. The number of carbonyl (C=O) groups is 3. The van der Waals surface area contributed by atoms with Crippen molar-refractivity contribution in [3.8, 4) is 22.8 Å². The van der Waals surface area contributed by atoms with Crippen LogP contribution in [0.4, 0.5) is 5.82 Å². The molecule has 1 saturated heterocycles. The molecule has 0 unspecified atom stereocenters. The molecular weight excluding hydrogens is 436 g/mol. The normalized spacial score (nSPS) is 14.1. The number of para-hydroxylation sites is 1. The molecule has 170 valence electrons. The number of nitrogens with zero attached hydrogens (tertiary/aromatic N) is 5. The van der Waals surface area contributed by atoms with Crippen molar-refractivity contribution in [3.05, 3.63) is 60.9 Å². The van der Waals surface area contributed by atoms with Gasteiger partial charge in [0.2, 0.25) is 11.7 Å². The van der Waals surface area contributed by atoms with Crippen molar-refractivity contribution in [1.82, 2.24) is 24.6 Å². The lowest BCUT2D eigenvalue weighted by Gasteiger charge is -2.23. The summed E-state index contributed by atoms with van der Waals surface area (Å²) in [5.41, 5.74) is 7.95. The third-order valence-corrected chi connectivity index (χ3v) is 5.55. The van der Waals surface area contributed by atoms with Crippen molar-refractivity contribution < 1.29 is 19.1 Å². The van der Waals surface area contributed by atoms with E-state index in [-0.39, 0.29) is 37.7 Å². The summed E-state index contributed by atoms with van der Waals surface area (Å²) < 4.78 is 7.41. The minimum absolute atomic E-state index is 0.00733. The van der Waals surface area contributed by atoms with Gasteiger partial charge in [0, 0.05) is 24.9 Å². The highest BCUT2D eigenvalue weighted by molar-refractivity contribution is 6.40. The number of hydrogen-bond acceptors (Lipinski definition) is 8. The fourth-order valence-corrected chi connectivity index (χ4v) is 3.84. The first-order valence-electron chi connectivity index (χ1n) is 10.7. The Morgan fingerprint density at radius 3 is 2.38 bits per heavy atom. The lowest BCUT2D eigenvalue weighted by Crippen LogP contribution is -2.46. The molecule has 2 amide bonds. The number of benzene rings is 2. The number of ketones is 1. The molecule has 2 aromatic carbocycles. The molecule has 34 heavy (non-hydrogen) atoms. The predicted molar refractivity (Wildman–Crippen MR) is 123 cm³/mol. The van der Waals surface area contributed by atoms with E-state index in [0.717, 1.165) is 16.2 Å². The predicted octanol–water partition coefficient (Wildman–Crippen LogP) is 2.59. The molecule has 5 rings (SSSR count). The number of amides is 2. The van der Waals surface area contributed by atoms with Crippen LogP contribution in [-0.4, -0.2) is 48.8 Å². The van der Waals surface area contributed by atoms with E-state index in [1.54, 1.807) is 4.68 Å². The molecule has 0 aliphatic carbocycles. The fraction of sp³-hybridized carbons (Fsp3) is 0.167. The zero-order valence-corrected chi connectivity index (χ0v) is 18.0. The topological polar surface area (TPSA) is 133 Å². The van der Waals surface area contributed by atoms with Crippen molar-refractivity contribution in [2.45, 2.75) is 19.4 Å². The number of likely N-dealkylation sites (tertiary alicyclic amines) is 1. The van der Waals surface area contributed by atoms with Gasteiger partial charge >= 0.3 is 0 Å². The maximum atomic E-state index is 12.1. The number of nitrogen functional groups attached to an aromatic ring is 1. The summed E-state index contributed by atoms with van der Waals surface area (Å²) in [5.74, 6) is -0.0655. The van der Waals surface area contributed by atoms with Gasteiger partial charge in [0.05, 0.1) is 11.9 Å². The number of Topliss-reactive ketones (excluding diaryl/α,β-unsaturated/α-hetero) is 1. The van der Waals surface area contributed by atoms with Crippen LogP contribution < -0.4 is 10.5 Å². The van der Waals surface area contributed by atoms with Crippen LogP contribution in [0, 0.1) is 0 Å². The molecule has 1 aliphatic heterocycles. The number of nitrogens with two attached hydrogens (primary N) is 1. The van der Waals surface area contributed by atoms with Crippen molar-refractivity contribution in [2.24, 2.45) is 0 Å². The van der Waals surface area contributed by atoms with Gasteiger partial charge in [-0.25, -0.2) is 14.6 Å². The molecule has 2 aromatic heterocycles. The van der Waals surface area contributed by atoms with Gasteiger partial charge in [-0.1, -0.05) is 18.2 Å². The third-order valence-electron chi connectivity index (χ3n) is 5.55. The number of anilines is 1. The van der Waals surface area contributed by atoms with Gasteiger partial charge in [-0.05, 0) is 36.4 Å². The van der Waals surface area contributed by atoms with Gasteiger partial charge in [-0.15, -0.1) is 0 Å². The molecule has 10 nitrogen and oxygen atoms in total. The summed E-state index contributed by atoms with van der Waals surface area (Å²) in [6, 6.07) is 16.8. The zero-order chi connectivity index (χ0) is 23.7. The Labute approximate surface area is 194 Å². The number of imide groups is 1. The molecule has 0 bridgehead atoms. The number of fused-ring (bicyclic) bond motifs is 1. The number of hydrogen-bond donors (Lipinski definition) is 1. The van der Waals surface area contributed by atoms with Crippen molar-refractivity contribution >= 4 is 34.4 Å². The van der Waals surface area contributed by atoms with Crippen LogP contribution in [0.25, 0.3) is 22.3 Å². The number of piperidine rings is 1. The van der Waals surface area contributed by atoms with Crippen LogP contribution in [0.3, 0.4) is 0 Å². The summed E-state index contributed by atoms with van der Waals surface area (Å²) >= 11 is 0. The van der Waals surface area contributed by atoms with Gasteiger partial charge in [0.1, 0.15) is 29.3 Å². The Morgan fingerprint density at radius 1 is 0.882 bits per heavy atom. The van der Waals surface area contributed by atoms with Crippen molar-refractivity contribution in [3.63, 3.8) is 0 Å². The van der Waals surface area contributed by atoms with Gasteiger partial charge in [-0.2, -0.15) is 5.10 Å². The lowest BCUT2D eigenvalue weighted by molar-refractivity contribution is -0.155. The summed E-state index contributed by atoms with van der Waals surface area (Å²) in [6.45, 7) is 0.167. The van der Waals surface area contributed by atoms with E-state index in [0.29, 0.717) is 22.5 Å². The van der Waals surface area contributed by atoms with E-state index in [9.17, 15) is 14.4 Å². The Balaban J connectivity index is 1.44. The Hall–Kier alpha value is -4.60. The molecule has 10 heteroatoms. The summed E-state index contributed by atoms with van der Waals surface area (Å²) in [4.78, 5) is 45.4. The second kappa shape index (κ2) is 8.74. The lowest BCUT2D eigenvalue weighted by atomic mass is 10.1. The second-order valence-corrected chi connectivity index (χ2v) is 7.74. The van der Waals surface area contributed by atoms with E-state index >= 15 is 0 Å². The number of aromatic nitrogens is 4. The molecule has 1 fully saturated rings. The van der Waals surface area contributed by atoms with Crippen LogP contribution in [0.1, 0.15) is 12.8 Å². The number of rotatable bonds is 6. The Bertz CT molecular complexity index is 1400. The molecule has 4 aromatic rings. The van der Waals surface area contributed by atoms with Crippen LogP contribution in [0.15, 0.2) is 60.9 Å². The second-order valence-electron chi connectivity index (χ2n) is 7.74. The first kappa shape index (κ1) is 21.3. The molecular formula is C24H20N6O4.